The average molecular weight is 458 g/mol. The van der Waals surface area contributed by atoms with E-state index >= 15 is 0 Å². The maximum Gasteiger partial charge on any atom is 0.319 e. The van der Waals surface area contributed by atoms with Gasteiger partial charge in [-0.25, -0.2) is 9.97 Å². The fraction of sp³-hybridized carbons (Fsp3) is 0.261. The first kappa shape index (κ1) is 21.6. The lowest BCUT2D eigenvalue weighted by Crippen LogP contribution is -2.35. The standard InChI is InChI=1S/C23H21Cl2N3O3/c1-30-22(29)13-28-10-9-21-16(12-28)11-26-23(27-21)15-5-7-17(8-6-15)31-14-18-19(24)3-2-4-20(18)25/h2-8,11H,9-10,12-14H2,1H3. The maximum absolute atomic E-state index is 11.5. The van der Waals surface area contributed by atoms with Crippen LogP contribution in [0.15, 0.2) is 48.7 Å². The molecule has 160 valence electrons. The zero-order valence-electron chi connectivity index (χ0n) is 17.0. The maximum atomic E-state index is 11.5. The fourth-order valence-electron chi connectivity index (χ4n) is 3.42. The molecule has 0 amide bonds. The molecule has 4 rings (SSSR count). The van der Waals surface area contributed by atoms with Gasteiger partial charge in [0.15, 0.2) is 5.82 Å². The molecule has 31 heavy (non-hydrogen) atoms. The molecule has 0 spiro atoms. The summed E-state index contributed by atoms with van der Waals surface area (Å²) in [5.41, 5.74) is 3.72. The number of rotatable bonds is 6. The largest absolute Gasteiger partial charge is 0.489 e. The molecular weight excluding hydrogens is 437 g/mol. The minimum atomic E-state index is -0.236. The van der Waals surface area contributed by atoms with Gasteiger partial charge in [0.1, 0.15) is 12.4 Å². The molecular formula is C23H21Cl2N3O3. The van der Waals surface area contributed by atoms with E-state index in [0.29, 0.717) is 28.2 Å². The molecule has 0 fully saturated rings. The smallest absolute Gasteiger partial charge is 0.319 e. The summed E-state index contributed by atoms with van der Waals surface area (Å²) >= 11 is 12.4. The van der Waals surface area contributed by atoms with Crippen molar-refractivity contribution in [3.05, 3.63) is 75.5 Å². The lowest BCUT2D eigenvalue weighted by atomic mass is 10.1. The summed E-state index contributed by atoms with van der Waals surface area (Å²) < 4.78 is 10.6. The van der Waals surface area contributed by atoms with Gasteiger partial charge in [-0.1, -0.05) is 29.3 Å². The highest BCUT2D eigenvalue weighted by atomic mass is 35.5. The first-order valence-corrected chi connectivity index (χ1v) is 10.6. The van der Waals surface area contributed by atoms with Crippen molar-refractivity contribution in [1.29, 1.82) is 0 Å². The topological polar surface area (TPSA) is 64.5 Å². The molecule has 0 saturated carbocycles. The highest BCUT2D eigenvalue weighted by Crippen LogP contribution is 2.27. The Hall–Kier alpha value is -2.67. The number of carbonyl (C=O) groups is 1. The van der Waals surface area contributed by atoms with Crippen molar-refractivity contribution >= 4 is 29.2 Å². The lowest BCUT2D eigenvalue weighted by molar-refractivity contribution is -0.142. The molecule has 8 heteroatoms. The molecule has 1 aliphatic rings. The summed E-state index contributed by atoms with van der Waals surface area (Å²) in [5, 5.41) is 1.16. The molecule has 0 aliphatic carbocycles. The molecule has 0 N–H and O–H groups in total. The number of halogens is 2. The molecule has 6 nitrogen and oxygen atoms in total. The quantitative estimate of drug-likeness (QED) is 0.505. The molecule has 0 bridgehead atoms. The number of carbonyl (C=O) groups excluding carboxylic acids is 1. The van der Waals surface area contributed by atoms with Crippen LogP contribution in [0.1, 0.15) is 16.8 Å². The molecule has 1 aromatic heterocycles. The van der Waals surface area contributed by atoms with Gasteiger partial charge in [0, 0.05) is 52.4 Å². The van der Waals surface area contributed by atoms with Crippen LogP contribution in [0, 0.1) is 0 Å². The van der Waals surface area contributed by atoms with Gasteiger partial charge < -0.3 is 9.47 Å². The number of aromatic nitrogens is 2. The normalized spacial score (nSPS) is 13.5. The van der Waals surface area contributed by atoms with Crippen LogP contribution < -0.4 is 4.74 Å². The van der Waals surface area contributed by atoms with Crippen LogP contribution >= 0.6 is 23.2 Å². The van der Waals surface area contributed by atoms with Crippen LogP contribution in [0.5, 0.6) is 5.75 Å². The van der Waals surface area contributed by atoms with Crippen molar-refractivity contribution in [2.45, 2.75) is 19.6 Å². The Morgan fingerprint density at radius 3 is 2.58 bits per heavy atom. The minimum Gasteiger partial charge on any atom is -0.489 e. The predicted molar refractivity (Wildman–Crippen MR) is 119 cm³/mol. The van der Waals surface area contributed by atoms with Crippen LogP contribution in [-0.4, -0.2) is 41.0 Å². The number of nitrogens with zero attached hydrogens (tertiary/aromatic N) is 3. The number of ether oxygens (including phenoxy) is 2. The summed E-state index contributed by atoms with van der Waals surface area (Å²) in [5.74, 6) is 1.14. The molecule has 2 heterocycles. The van der Waals surface area contributed by atoms with Gasteiger partial charge in [-0.05, 0) is 36.4 Å². The van der Waals surface area contributed by atoms with E-state index in [1.54, 1.807) is 18.2 Å². The fourth-order valence-corrected chi connectivity index (χ4v) is 3.93. The van der Waals surface area contributed by atoms with Gasteiger partial charge >= 0.3 is 5.97 Å². The molecule has 0 saturated heterocycles. The summed E-state index contributed by atoms with van der Waals surface area (Å²) in [6, 6.07) is 13.0. The third-order valence-electron chi connectivity index (χ3n) is 5.15. The van der Waals surface area contributed by atoms with Crippen molar-refractivity contribution < 1.29 is 14.3 Å². The molecule has 0 atom stereocenters. The third-order valence-corrected chi connectivity index (χ3v) is 5.86. The number of esters is 1. The Labute approximate surface area is 190 Å². The molecule has 3 aromatic rings. The van der Waals surface area contributed by atoms with E-state index < -0.39 is 0 Å². The van der Waals surface area contributed by atoms with Crippen LogP contribution in [0.3, 0.4) is 0 Å². The summed E-state index contributed by atoms with van der Waals surface area (Å²) in [7, 11) is 1.40. The van der Waals surface area contributed by atoms with E-state index in [4.69, 9.17) is 37.7 Å². The number of benzene rings is 2. The summed E-state index contributed by atoms with van der Waals surface area (Å²) in [6.45, 7) is 1.96. The number of hydrogen-bond donors (Lipinski definition) is 0. The Morgan fingerprint density at radius 2 is 1.87 bits per heavy atom. The second kappa shape index (κ2) is 9.64. The first-order chi connectivity index (χ1) is 15.0. The Balaban J connectivity index is 1.42. The van der Waals surface area contributed by atoms with Crippen LogP contribution in [0.4, 0.5) is 0 Å². The van der Waals surface area contributed by atoms with Crippen LogP contribution in [-0.2, 0) is 29.1 Å². The SMILES string of the molecule is COC(=O)CN1CCc2nc(-c3ccc(OCc4c(Cl)cccc4Cl)cc3)ncc2C1. The lowest BCUT2D eigenvalue weighted by Gasteiger charge is -2.26. The highest BCUT2D eigenvalue weighted by molar-refractivity contribution is 6.35. The summed E-state index contributed by atoms with van der Waals surface area (Å²) in [4.78, 5) is 22.8. The van der Waals surface area contributed by atoms with Gasteiger partial charge in [-0.15, -0.1) is 0 Å². The average Bonchev–Trinajstić information content (AvgIpc) is 2.78. The van der Waals surface area contributed by atoms with E-state index in [1.807, 2.05) is 35.4 Å². The van der Waals surface area contributed by atoms with Crippen LogP contribution in [0.25, 0.3) is 11.4 Å². The van der Waals surface area contributed by atoms with E-state index in [0.717, 1.165) is 35.3 Å². The summed E-state index contributed by atoms with van der Waals surface area (Å²) in [6.07, 6.45) is 2.60. The van der Waals surface area contributed by atoms with Crippen LogP contribution in [0.2, 0.25) is 10.0 Å². The Kier molecular flexibility index (Phi) is 6.70. The van der Waals surface area contributed by atoms with E-state index in [2.05, 4.69) is 4.98 Å². The molecule has 2 aromatic carbocycles. The Morgan fingerprint density at radius 1 is 1.13 bits per heavy atom. The van der Waals surface area contributed by atoms with Gasteiger partial charge in [0.05, 0.1) is 19.3 Å². The molecule has 0 radical (unpaired) electrons. The minimum absolute atomic E-state index is 0.236. The third kappa shape index (κ3) is 5.15. The van der Waals surface area contributed by atoms with Gasteiger partial charge in [0.25, 0.3) is 0 Å². The van der Waals surface area contributed by atoms with Crippen molar-refractivity contribution in [2.75, 3.05) is 20.2 Å². The van der Waals surface area contributed by atoms with Crippen molar-refractivity contribution in [2.24, 2.45) is 0 Å². The molecule has 1 aliphatic heterocycles. The second-order valence-corrected chi connectivity index (χ2v) is 8.03. The zero-order valence-corrected chi connectivity index (χ0v) is 18.5. The van der Waals surface area contributed by atoms with Gasteiger partial charge in [-0.3, -0.25) is 9.69 Å². The van der Waals surface area contributed by atoms with E-state index in [9.17, 15) is 4.79 Å². The number of hydrogen-bond acceptors (Lipinski definition) is 6. The highest BCUT2D eigenvalue weighted by Gasteiger charge is 2.20. The zero-order chi connectivity index (χ0) is 21.8. The Bertz CT molecular complexity index is 1070. The van der Waals surface area contributed by atoms with Crippen molar-refractivity contribution in [3.63, 3.8) is 0 Å². The monoisotopic (exact) mass is 457 g/mol. The number of methoxy groups -OCH3 is 1. The van der Waals surface area contributed by atoms with Crippen molar-refractivity contribution in [3.8, 4) is 17.1 Å². The van der Waals surface area contributed by atoms with Gasteiger partial charge in [0.2, 0.25) is 0 Å². The van der Waals surface area contributed by atoms with Crippen molar-refractivity contribution in [1.82, 2.24) is 14.9 Å². The van der Waals surface area contributed by atoms with Gasteiger partial charge in [-0.2, -0.15) is 0 Å². The predicted octanol–water partition coefficient (Wildman–Crippen LogP) is 4.56. The first-order valence-electron chi connectivity index (χ1n) is 9.83. The van der Waals surface area contributed by atoms with E-state index in [-0.39, 0.29) is 19.1 Å². The van der Waals surface area contributed by atoms with E-state index in [1.165, 1.54) is 7.11 Å². The number of fused-ring (bicyclic) bond motifs is 1. The second-order valence-electron chi connectivity index (χ2n) is 7.22. The molecule has 0 unspecified atom stereocenters.